The molecule has 0 saturated heterocycles. The van der Waals surface area contributed by atoms with Crippen LogP contribution in [-0.4, -0.2) is 48.1 Å². The van der Waals surface area contributed by atoms with E-state index in [2.05, 4.69) is 31.1 Å². The fourth-order valence-corrected chi connectivity index (χ4v) is 2.57. The molecular formula is C16H31N3O2. The van der Waals surface area contributed by atoms with E-state index in [1.807, 2.05) is 20.8 Å². The smallest absolute Gasteiger partial charge is 0.410 e. The maximum absolute atomic E-state index is 12.1. The van der Waals surface area contributed by atoms with Gasteiger partial charge in [0.15, 0.2) is 0 Å². The number of carbonyl (C=O) groups excluding carboxylic acids is 1. The third kappa shape index (κ3) is 5.94. The lowest BCUT2D eigenvalue weighted by molar-refractivity contribution is 0.0276. The fraction of sp³-hybridized carbons (Fsp3) is 0.875. The van der Waals surface area contributed by atoms with Gasteiger partial charge in [0.05, 0.1) is 13.1 Å². The Balaban J connectivity index is 2.56. The van der Waals surface area contributed by atoms with Crippen molar-refractivity contribution < 1.29 is 9.53 Å². The monoisotopic (exact) mass is 297 g/mol. The van der Waals surface area contributed by atoms with E-state index in [4.69, 9.17) is 4.74 Å². The molecule has 0 aromatic heterocycles. The molecule has 0 aliphatic carbocycles. The lowest BCUT2D eigenvalue weighted by Crippen LogP contribution is -2.50. The largest absolute Gasteiger partial charge is 0.444 e. The summed E-state index contributed by atoms with van der Waals surface area (Å²) >= 11 is 0. The summed E-state index contributed by atoms with van der Waals surface area (Å²) in [6, 6.07) is 0.373. The molecule has 1 amide bonds. The Hall–Kier alpha value is -1.26. The van der Waals surface area contributed by atoms with Crippen molar-refractivity contribution in [2.24, 2.45) is 10.9 Å². The normalized spacial score (nSPS) is 17.5. The average molecular weight is 297 g/mol. The van der Waals surface area contributed by atoms with Crippen LogP contribution < -0.4 is 5.32 Å². The number of hydrogen-bond acceptors (Lipinski definition) is 4. The summed E-state index contributed by atoms with van der Waals surface area (Å²) in [5.74, 6) is 1.52. The summed E-state index contributed by atoms with van der Waals surface area (Å²) in [5, 5.41) is 3.47. The lowest BCUT2D eigenvalue weighted by Gasteiger charge is -2.32. The van der Waals surface area contributed by atoms with Gasteiger partial charge in [-0.05, 0) is 33.6 Å². The van der Waals surface area contributed by atoms with Crippen LogP contribution in [0, 0.1) is 5.92 Å². The number of hydrogen-bond donors (Lipinski definition) is 1. The fourth-order valence-electron chi connectivity index (χ4n) is 2.57. The Morgan fingerprint density at radius 2 is 2.00 bits per heavy atom. The van der Waals surface area contributed by atoms with E-state index in [-0.39, 0.29) is 6.09 Å². The lowest BCUT2D eigenvalue weighted by atomic mass is 9.95. The topological polar surface area (TPSA) is 53.9 Å². The van der Waals surface area contributed by atoms with Gasteiger partial charge in [-0.3, -0.25) is 9.89 Å². The van der Waals surface area contributed by atoms with Crippen LogP contribution in [-0.2, 0) is 4.74 Å². The van der Waals surface area contributed by atoms with Gasteiger partial charge >= 0.3 is 6.09 Å². The zero-order chi connectivity index (χ0) is 16.0. The van der Waals surface area contributed by atoms with Crippen LogP contribution in [0.25, 0.3) is 0 Å². The summed E-state index contributed by atoms with van der Waals surface area (Å²) in [4.78, 5) is 18.3. The van der Waals surface area contributed by atoms with E-state index < -0.39 is 5.60 Å². The van der Waals surface area contributed by atoms with E-state index in [1.54, 1.807) is 4.90 Å². The summed E-state index contributed by atoms with van der Waals surface area (Å²) in [6.07, 6.45) is 2.04. The van der Waals surface area contributed by atoms with Crippen LogP contribution in [0.5, 0.6) is 0 Å². The van der Waals surface area contributed by atoms with Gasteiger partial charge in [0.2, 0.25) is 0 Å². The molecule has 5 heteroatoms. The van der Waals surface area contributed by atoms with Gasteiger partial charge in [0.25, 0.3) is 0 Å². The van der Waals surface area contributed by atoms with Gasteiger partial charge in [-0.1, -0.05) is 26.7 Å². The molecule has 21 heavy (non-hydrogen) atoms. The molecule has 122 valence electrons. The van der Waals surface area contributed by atoms with Gasteiger partial charge in [-0.25, -0.2) is 4.79 Å². The SMILES string of the molecule is CCC(CC)C(C)NC1=NCCN(C(=O)OC(C)(C)C)C1. The van der Waals surface area contributed by atoms with Gasteiger partial charge in [0, 0.05) is 12.6 Å². The third-order valence-corrected chi connectivity index (χ3v) is 3.82. The molecule has 5 nitrogen and oxygen atoms in total. The number of amides is 1. The van der Waals surface area contributed by atoms with E-state index in [1.165, 1.54) is 0 Å². The second-order valence-electron chi connectivity index (χ2n) is 6.74. The van der Waals surface area contributed by atoms with Crippen LogP contribution >= 0.6 is 0 Å². The quantitative estimate of drug-likeness (QED) is 0.867. The number of nitrogens with one attached hydrogen (secondary N) is 1. The molecule has 0 spiro atoms. The predicted octanol–water partition coefficient (Wildman–Crippen LogP) is 3.05. The van der Waals surface area contributed by atoms with Crippen LogP contribution in [0.4, 0.5) is 4.79 Å². The Bertz CT molecular complexity index is 370. The van der Waals surface area contributed by atoms with Gasteiger partial charge in [0.1, 0.15) is 11.4 Å². The number of amidine groups is 1. The highest BCUT2D eigenvalue weighted by atomic mass is 16.6. The maximum atomic E-state index is 12.1. The molecule has 1 aliphatic rings. The molecule has 1 unspecified atom stereocenters. The Morgan fingerprint density at radius 1 is 1.38 bits per heavy atom. The standard InChI is InChI=1S/C16H31N3O2/c1-7-13(8-2)12(3)18-14-11-19(10-9-17-14)15(20)21-16(4,5)6/h12-13H,7-11H2,1-6H3,(H,17,18). The zero-order valence-electron chi connectivity index (χ0n) is 14.4. The van der Waals surface area contributed by atoms with Crippen molar-refractivity contribution in [3.05, 3.63) is 0 Å². The van der Waals surface area contributed by atoms with Crippen molar-refractivity contribution in [3.8, 4) is 0 Å². The molecule has 1 rings (SSSR count). The van der Waals surface area contributed by atoms with Crippen molar-refractivity contribution >= 4 is 11.9 Å². The zero-order valence-corrected chi connectivity index (χ0v) is 14.4. The predicted molar refractivity (Wildman–Crippen MR) is 86.8 cm³/mol. The van der Waals surface area contributed by atoms with Gasteiger partial charge < -0.3 is 10.1 Å². The molecule has 0 aromatic rings. The Morgan fingerprint density at radius 3 is 2.52 bits per heavy atom. The van der Waals surface area contributed by atoms with Crippen LogP contribution in [0.2, 0.25) is 0 Å². The molecule has 0 bridgehead atoms. The number of ether oxygens (including phenoxy) is 1. The molecule has 1 N–H and O–H groups in total. The first-order valence-electron chi connectivity index (χ1n) is 8.04. The third-order valence-electron chi connectivity index (χ3n) is 3.82. The molecule has 0 saturated carbocycles. The first kappa shape index (κ1) is 17.8. The average Bonchev–Trinajstić information content (AvgIpc) is 2.38. The van der Waals surface area contributed by atoms with E-state index in [0.29, 0.717) is 31.6 Å². The number of nitrogens with zero attached hydrogens (tertiary/aromatic N) is 2. The van der Waals surface area contributed by atoms with E-state index in [0.717, 1.165) is 18.7 Å². The van der Waals surface area contributed by atoms with Crippen LogP contribution in [0.3, 0.4) is 0 Å². The minimum atomic E-state index is -0.456. The number of aliphatic imine (C=N–C) groups is 1. The molecule has 0 fully saturated rings. The number of rotatable bonds is 4. The highest BCUT2D eigenvalue weighted by molar-refractivity contribution is 5.88. The second kappa shape index (κ2) is 7.66. The van der Waals surface area contributed by atoms with Gasteiger partial charge in [-0.2, -0.15) is 0 Å². The Kier molecular flexibility index (Phi) is 6.49. The highest BCUT2D eigenvalue weighted by Gasteiger charge is 2.26. The first-order chi connectivity index (χ1) is 9.76. The van der Waals surface area contributed by atoms with E-state index in [9.17, 15) is 4.79 Å². The minimum absolute atomic E-state index is 0.258. The second-order valence-corrected chi connectivity index (χ2v) is 6.74. The van der Waals surface area contributed by atoms with Crippen molar-refractivity contribution in [3.63, 3.8) is 0 Å². The van der Waals surface area contributed by atoms with Gasteiger partial charge in [-0.15, -0.1) is 0 Å². The molecule has 1 atom stereocenters. The molecule has 1 heterocycles. The van der Waals surface area contributed by atoms with Crippen LogP contribution in [0.15, 0.2) is 4.99 Å². The van der Waals surface area contributed by atoms with E-state index >= 15 is 0 Å². The molecule has 1 aliphatic heterocycles. The maximum Gasteiger partial charge on any atom is 0.410 e. The summed E-state index contributed by atoms with van der Waals surface area (Å²) in [6.45, 7) is 14.0. The highest BCUT2D eigenvalue weighted by Crippen LogP contribution is 2.14. The van der Waals surface area contributed by atoms with Crippen molar-refractivity contribution in [1.82, 2.24) is 10.2 Å². The van der Waals surface area contributed by atoms with Crippen molar-refractivity contribution in [2.45, 2.75) is 66.0 Å². The van der Waals surface area contributed by atoms with Crippen molar-refractivity contribution in [1.29, 1.82) is 0 Å². The molecule has 0 aromatic carbocycles. The molecular weight excluding hydrogens is 266 g/mol. The Labute approximate surface area is 129 Å². The summed E-state index contributed by atoms with van der Waals surface area (Å²) in [5.41, 5.74) is -0.456. The van der Waals surface area contributed by atoms with Crippen molar-refractivity contribution in [2.75, 3.05) is 19.6 Å². The first-order valence-corrected chi connectivity index (χ1v) is 8.04. The van der Waals surface area contributed by atoms with Crippen LogP contribution in [0.1, 0.15) is 54.4 Å². The number of carbonyl (C=O) groups is 1. The summed E-state index contributed by atoms with van der Waals surface area (Å²) in [7, 11) is 0. The summed E-state index contributed by atoms with van der Waals surface area (Å²) < 4.78 is 5.42. The molecule has 0 radical (unpaired) electrons. The minimum Gasteiger partial charge on any atom is -0.444 e.